The molecule has 3 aliphatic rings. The van der Waals surface area contributed by atoms with Gasteiger partial charge in [0.15, 0.2) is 0 Å². The summed E-state index contributed by atoms with van der Waals surface area (Å²) in [4.78, 5) is 14.4. The van der Waals surface area contributed by atoms with E-state index in [9.17, 15) is 4.79 Å². The molecule has 0 aromatic heterocycles. The Labute approximate surface area is 173 Å². The van der Waals surface area contributed by atoms with Crippen LogP contribution in [0.4, 0.5) is 5.69 Å². The summed E-state index contributed by atoms with van der Waals surface area (Å²) < 4.78 is 5.83. The third-order valence-corrected chi connectivity index (χ3v) is 6.48. The van der Waals surface area contributed by atoms with Crippen LogP contribution in [0.5, 0.6) is 5.75 Å². The highest BCUT2D eigenvalue weighted by Gasteiger charge is 2.31. The maximum absolute atomic E-state index is 12.0. The van der Waals surface area contributed by atoms with E-state index >= 15 is 0 Å². The zero-order chi connectivity index (χ0) is 19.8. The van der Waals surface area contributed by atoms with E-state index in [2.05, 4.69) is 65.7 Å². The van der Waals surface area contributed by atoms with Gasteiger partial charge in [0.05, 0.1) is 12.6 Å². The molecule has 2 aliphatic carbocycles. The van der Waals surface area contributed by atoms with Crippen molar-refractivity contribution in [2.75, 3.05) is 24.6 Å². The molecule has 1 saturated heterocycles. The topological polar surface area (TPSA) is 41.6 Å². The number of hydrogen-bond donors (Lipinski definition) is 1. The first-order valence-electron chi connectivity index (χ1n) is 11.0. The smallest absolute Gasteiger partial charge is 0.223 e. The van der Waals surface area contributed by atoms with Gasteiger partial charge in [-0.3, -0.25) is 4.79 Å². The zero-order valence-corrected chi connectivity index (χ0v) is 17.1. The molecule has 0 bridgehead atoms. The van der Waals surface area contributed by atoms with E-state index in [-0.39, 0.29) is 17.9 Å². The molecule has 2 aromatic rings. The molecule has 1 unspecified atom stereocenters. The molecule has 29 heavy (non-hydrogen) atoms. The molecular weight excluding hydrogens is 360 g/mol. The van der Waals surface area contributed by atoms with Crippen molar-refractivity contribution in [1.29, 1.82) is 0 Å². The molecule has 1 amide bonds. The lowest BCUT2D eigenvalue weighted by molar-refractivity contribution is -0.122. The Morgan fingerprint density at radius 2 is 1.72 bits per heavy atom. The van der Waals surface area contributed by atoms with Crippen LogP contribution in [0.3, 0.4) is 0 Å². The molecule has 2 aromatic carbocycles. The SMILES string of the molecule is CC(NC(=O)C1CC1)c1ccc(C2CN(c3ccc(OCC4CC4)cc3)C2)cc1. The largest absolute Gasteiger partial charge is 0.493 e. The first kappa shape index (κ1) is 18.5. The third kappa shape index (κ3) is 4.42. The van der Waals surface area contributed by atoms with E-state index in [4.69, 9.17) is 4.74 Å². The molecule has 0 radical (unpaired) electrons. The van der Waals surface area contributed by atoms with Gasteiger partial charge in [-0.25, -0.2) is 0 Å². The number of anilines is 1. The summed E-state index contributed by atoms with van der Waals surface area (Å²) >= 11 is 0. The summed E-state index contributed by atoms with van der Waals surface area (Å²) in [7, 11) is 0. The summed E-state index contributed by atoms with van der Waals surface area (Å²) in [6.07, 6.45) is 4.74. The molecule has 1 aliphatic heterocycles. The van der Waals surface area contributed by atoms with Crippen LogP contribution in [0, 0.1) is 11.8 Å². The van der Waals surface area contributed by atoms with Crippen molar-refractivity contribution in [1.82, 2.24) is 5.32 Å². The van der Waals surface area contributed by atoms with Crippen molar-refractivity contribution >= 4 is 11.6 Å². The minimum atomic E-state index is 0.0793. The lowest BCUT2D eigenvalue weighted by Gasteiger charge is -2.41. The van der Waals surface area contributed by atoms with Crippen molar-refractivity contribution in [3.63, 3.8) is 0 Å². The second kappa shape index (κ2) is 7.74. The summed E-state index contributed by atoms with van der Waals surface area (Å²) in [6, 6.07) is 17.4. The predicted octanol–water partition coefficient (Wildman–Crippen LogP) is 4.67. The summed E-state index contributed by atoms with van der Waals surface area (Å²) in [5, 5.41) is 3.13. The lowest BCUT2D eigenvalue weighted by atomic mass is 9.90. The second-order valence-corrected chi connectivity index (χ2v) is 9.02. The number of hydrogen-bond acceptors (Lipinski definition) is 3. The van der Waals surface area contributed by atoms with Crippen molar-refractivity contribution in [2.24, 2.45) is 11.8 Å². The Morgan fingerprint density at radius 1 is 1.03 bits per heavy atom. The van der Waals surface area contributed by atoms with Gasteiger partial charge in [0.2, 0.25) is 5.91 Å². The summed E-state index contributed by atoms with van der Waals surface area (Å²) in [6.45, 7) is 5.04. The van der Waals surface area contributed by atoms with Crippen molar-refractivity contribution in [3.8, 4) is 5.75 Å². The van der Waals surface area contributed by atoms with Crippen molar-refractivity contribution < 1.29 is 9.53 Å². The van der Waals surface area contributed by atoms with Gasteiger partial charge in [-0.15, -0.1) is 0 Å². The monoisotopic (exact) mass is 390 g/mol. The van der Waals surface area contributed by atoms with Gasteiger partial charge in [0, 0.05) is 30.6 Å². The first-order valence-corrected chi connectivity index (χ1v) is 11.0. The number of nitrogens with one attached hydrogen (secondary N) is 1. The van der Waals surface area contributed by atoms with Crippen molar-refractivity contribution in [3.05, 3.63) is 59.7 Å². The first-order chi connectivity index (χ1) is 14.2. The highest BCUT2D eigenvalue weighted by molar-refractivity contribution is 5.81. The van der Waals surface area contributed by atoms with E-state index in [1.807, 2.05) is 0 Å². The number of nitrogens with zero attached hydrogens (tertiary/aromatic N) is 1. The number of rotatable bonds is 8. The lowest BCUT2D eigenvalue weighted by Crippen LogP contribution is -2.45. The number of ether oxygens (including phenoxy) is 1. The van der Waals surface area contributed by atoms with Crippen LogP contribution in [-0.4, -0.2) is 25.6 Å². The highest BCUT2D eigenvalue weighted by atomic mass is 16.5. The van der Waals surface area contributed by atoms with Crippen LogP contribution < -0.4 is 15.0 Å². The van der Waals surface area contributed by atoms with Gasteiger partial charge in [0.1, 0.15) is 5.75 Å². The second-order valence-electron chi connectivity index (χ2n) is 9.02. The Bertz CT molecular complexity index is 847. The third-order valence-electron chi connectivity index (χ3n) is 6.48. The molecule has 3 fully saturated rings. The molecule has 1 atom stereocenters. The minimum absolute atomic E-state index is 0.0793. The average Bonchev–Trinajstić information content (AvgIpc) is 3.60. The van der Waals surface area contributed by atoms with Crippen LogP contribution in [0.1, 0.15) is 55.7 Å². The van der Waals surface area contributed by atoms with Crippen molar-refractivity contribution in [2.45, 2.75) is 44.6 Å². The average molecular weight is 391 g/mol. The van der Waals surface area contributed by atoms with E-state index in [0.29, 0.717) is 5.92 Å². The van der Waals surface area contributed by atoms with E-state index in [1.54, 1.807) is 0 Å². The maximum atomic E-state index is 12.0. The van der Waals surface area contributed by atoms with Crippen LogP contribution in [-0.2, 0) is 4.79 Å². The number of benzene rings is 2. The van der Waals surface area contributed by atoms with Gasteiger partial charge in [-0.2, -0.15) is 0 Å². The Kier molecular flexibility index (Phi) is 4.94. The predicted molar refractivity (Wildman–Crippen MR) is 115 cm³/mol. The molecule has 5 rings (SSSR count). The number of carbonyl (C=O) groups is 1. The van der Waals surface area contributed by atoms with Crippen LogP contribution in [0.25, 0.3) is 0 Å². The molecule has 2 saturated carbocycles. The summed E-state index contributed by atoms with van der Waals surface area (Å²) in [5.74, 6) is 2.81. The van der Waals surface area contributed by atoms with Crippen LogP contribution in [0.2, 0.25) is 0 Å². The van der Waals surface area contributed by atoms with Gasteiger partial charge in [0.25, 0.3) is 0 Å². The van der Waals surface area contributed by atoms with Gasteiger partial charge in [-0.05, 0) is 73.9 Å². The molecule has 4 nitrogen and oxygen atoms in total. The summed E-state index contributed by atoms with van der Waals surface area (Å²) in [5.41, 5.74) is 3.84. The van der Waals surface area contributed by atoms with Gasteiger partial charge < -0.3 is 15.0 Å². The van der Waals surface area contributed by atoms with Crippen LogP contribution >= 0.6 is 0 Å². The fourth-order valence-electron chi connectivity index (χ4n) is 3.97. The van der Waals surface area contributed by atoms with Crippen LogP contribution in [0.15, 0.2) is 48.5 Å². The Balaban J connectivity index is 1.12. The zero-order valence-electron chi connectivity index (χ0n) is 17.1. The Morgan fingerprint density at radius 3 is 2.34 bits per heavy atom. The normalized spacial score (nSPS) is 20.1. The van der Waals surface area contributed by atoms with Gasteiger partial charge >= 0.3 is 0 Å². The van der Waals surface area contributed by atoms with E-state index in [0.717, 1.165) is 44.2 Å². The number of carbonyl (C=O) groups excluding carboxylic acids is 1. The molecule has 4 heteroatoms. The quantitative estimate of drug-likeness (QED) is 0.712. The molecular formula is C25H30N2O2. The molecule has 1 N–H and O–H groups in total. The molecule has 1 heterocycles. The fraction of sp³-hybridized carbons (Fsp3) is 0.480. The number of amides is 1. The Hall–Kier alpha value is -2.49. The van der Waals surface area contributed by atoms with E-state index in [1.165, 1.54) is 29.7 Å². The molecule has 0 spiro atoms. The van der Waals surface area contributed by atoms with Gasteiger partial charge in [-0.1, -0.05) is 24.3 Å². The fourth-order valence-corrected chi connectivity index (χ4v) is 3.97. The minimum Gasteiger partial charge on any atom is -0.493 e. The standard InChI is InChI=1S/C25H30N2O2/c1-17(26-25(28)21-8-9-21)19-4-6-20(7-5-19)22-14-27(15-22)23-10-12-24(13-11-23)29-16-18-2-3-18/h4-7,10-13,17-18,21-22H,2-3,8-9,14-16H2,1H3,(H,26,28). The molecule has 152 valence electrons. The maximum Gasteiger partial charge on any atom is 0.223 e. The highest BCUT2D eigenvalue weighted by Crippen LogP contribution is 2.34. The van der Waals surface area contributed by atoms with E-state index < -0.39 is 0 Å².